The SMILES string of the molecule is COC(=O)CC(C)(NS(=O)(=O)NC(C)(C)C)c1cccc(C(F)(F)F)c1. The van der Waals surface area contributed by atoms with Crippen molar-refractivity contribution in [2.24, 2.45) is 0 Å². The van der Waals surface area contributed by atoms with Crippen LogP contribution in [0.15, 0.2) is 24.3 Å². The van der Waals surface area contributed by atoms with Crippen LogP contribution in [0.4, 0.5) is 13.2 Å². The van der Waals surface area contributed by atoms with Crippen molar-refractivity contribution in [3.8, 4) is 0 Å². The number of carbonyl (C=O) groups is 1. The lowest BCUT2D eigenvalue weighted by molar-refractivity contribution is -0.142. The van der Waals surface area contributed by atoms with E-state index in [2.05, 4.69) is 14.2 Å². The van der Waals surface area contributed by atoms with Crippen LogP contribution >= 0.6 is 0 Å². The third-order valence-corrected chi connectivity index (χ3v) is 4.95. The van der Waals surface area contributed by atoms with Crippen LogP contribution in [0.25, 0.3) is 0 Å². The summed E-state index contributed by atoms with van der Waals surface area (Å²) < 4.78 is 73.0. The van der Waals surface area contributed by atoms with Crippen molar-refractivity contribution in [3.63, 3.8) is 0 Å². The summed E-state index contributed by atoms with van der Waals surface area (Å²) in [6, 6.07) is 4.14. The zero-order valence-electron chi connectivity index (χ0n) is 15.2. The molecule has 1 atom stereocenters. The van der Waals surface area contributed by atoms with Gasteiger partial charge in [0, 0.05) is 5.54 Å². The Morgan fingerprint density at radius 2 is 1.62 bits per heavy atom. The molecule has 0 aliphatic rings. The molecule has 0 aromatic heterocycles. The van der Waals surface area contributed by atoms with Gasteiger partial charge in [0.15, 0.2) is 0 Å². The summed E-state index contributed by atoms with van der Waals surface area (Å²) in [6.07, 6.45) is -5.10. The highest BCUT2D eigenvalue weighted by molar-refractivity contribution is 7.87. The van der Waals surface area contributed by atoms with E-state index in [9.17, 15) is 26.4 Å². The third-order valence-electron chi connectivity index (χ3n) is 3.35. The largest absolute Gasteiger partial charge is 0.469 e. The summed E-state index contributed by atoms with van der Waals surface area (Å²) in [5.74, 6) is -0.775. The van der Waals surface area contributed by atoms with Crippen molar-refractivity contribution >= 4 is 16.2 Å². The molecule has 0 aliphatic carbocycles. The van der Waals surface area contributed by atoms with Crippen LogP contribution in [0.1, 0.15) is 45.2 Å². The highest BCUT2D eigenvalue weighted by Gasteiger charge is 2.38. The lowest BCUT2D eigenvalue weighted by Crippen LogP contribution is -2.54. The van der Waals surface area contributed by atoms with Gasteiger partial charge >= 0.3 is 12.1 Å². The van der Waals surface area contributed by atoms with Gasteiger partial charge in [-0.05, 0) is 45.4 Å². The molecule has 10 heteroatoms. The molecule has 26 heavy (non-hydrogen) atoms. The molecule has 2 N–H and O–H groups in total. The maximum atomic E-state index is 13.0. The number of halogens is 3. The molecule has 0 fully saturated rings. The fraction of sp³-hybridized carbons (Fsp3) is 0.562. The number of hydrogen-bond donors (Lipinski definition) is 2. The molecule has 0 saturated carbocycles. The van der Waals surface area contributed by atoms with E-state index in [0.29, 0.717) is 0 Å². The fourth-order valence-electron chi connectivity index (χ4n) is 2.32. The quantitative estimate of drug-likeness (QED) is 0.724. The van der Waals surface area contributed by atoms with Crippen molar-refractivity contribution in [2.75, 3.05) is 7.11 Å². The summed E-state index contributed by atoms with van der Waals surface area (Å²) in [5, 5.41) is 0. The predicted molar refractivity (Wildman–Crippen MR) is 90.4 cm³/mol. The van der Waals surface area contributed by atoms with Gasteiger partial charge in [-0.3, -0.25) is 4.79 Å². The predicted octanol–water partition coefficient (Wildman–Crippen LogP) is 2.71. The van der Waals surface area contributed by atoms with E-state index in [0.717, 1.165) is 25.3 Å². The van der Waals surface area contributed by atoms with E-state index in [1.807, 2.05) is 0 Å². The molecule has 1 aromatic rings. The molecular weight excluding hydrogens is 373 g/mol. The molecule has 0 aliphatic heterocycles. The van der Waals surface area contributed by atoms with Crippen LogP contribution in [0.2, 0.25) is 0 Å². The lowest BCUT2D eigenvalue weighted by Gasteiger charge is -2.32. The van der Waals surface area contributed by atoms with Gasteiger partial charge in [-0.25, -0.2) is 0 Å². The number of esters is 1. The van der Waals surface area contributed by atoms with Gasteiger partial charge in [-0.15, -0.1) is 0 Å². The van der Waals surface area contributed by atoms with Gasteiger partial charge in [-0.2, -0.15) is 31.0 Å². The van der Waals surface area contributed by atoms with Crippen molar-refractivity contribution in [1.29, 1.82) is 0 Å². The Balaban J connectivity index is 3.38. The second-order valence-electron chi connectivity index (χ2n) is 7.12. The van der Waals surface area contributed by atoms with Gasteiger partial charge in [0.25, 0.3) is 10.2 Å². The standard InChI is InChI=1S/C16H23F3N2O4S/c1-14(2,3)20-26(23,24)21-15(4,10-13(22)25-5)11-7-6-8-12(9-11)16(17,18)19/h6-9,20-21H,10H2,1-5H3. The van der Waals surface area contributed by atoms with Crippen molar-refractivity contribution in [3.05, 3.63) is 35.4 Å². The van der Waals surface area contributed by atoms with Crippen molar-refractivity contribution in [2.45, 2.75) is 51.4 Å². The van der Waals surface area contributed by atoms with Gasteiger partial charge in [-0.1, -0.05) is 12.1 Å². The van der Waals surface area contributed by atoms with E-state index >= 15 is 0 Å². The highest BCUT2D eigenvalue weighted by Crippen LogP contribution is 2.33. The molecule has 0 saturated heterocycles. The molecular formula is C16H23F3N2O4S. The number of hydrogen-bond acceptors (Lipinski definition) is 4. The summed E-state index contributed by atoms with van der Waals surface area (Å²) in [6.45, 7) is 6.14. The number of nitrogens with one attached hydrogen (secondary N) is 2. The molecule has 6 nitrogen and oxygen atoms in total. The number of ether oxygens (including phenoxy) is 1. The summed E-state index contributed by atoms with van der Waals surface area (Å²) in [5.41, 5.74) is -3.44. The number of rotatable bonds is 6. The number of methoxy groups -OCH3 is 1. The molecule has 0 heterocycles. The molecule has 1 aromatic carbocycles. The van der Waals surface area contributed by atoms with Crippen LogP contribution in [-0.4, -0.2) is 27.0 Å². The van der Waals surface area contributed by atoms with Gasteiger partial charge in [0.2, 0.25) is 0 Å². The third kappa shape index (κ3) is 6.58. The Labute approximate surface area is 151 Å². The van der Waals surface area contributed by atoms with Crippen LogP contribution in [-0.2, 0) is 31.5 Å². The summed E-state index contributed by atoms with van der Waals surface area (Å²) in [7, 11) is -3.03. The summed E-state index contributed by atoms with van der Waals surface area (Å²) >= 11 is 0. The Bertz CT molecular complexity index is 757. The minimum absolute atomic E-state index is 0.0167. The van der Waals surface area contributed by atoms with E-state index in [4.69, 9.17) is 0 Å². The van der Waals surface area contributed by atoms with Crippen molar-refractivity contribution < 1.29 is 31.1 Å². The number of carbonyl (C=O) groups excluding carboxylic acids is 1. The van der Waals surface area contributed by atoms with Crippen LogP contribution in [0.3, 0.4) is 0 Å². The highest BCUT2D eigenvalue weighted by atomic mass is 32.2. The molecule has 1 unspecified atom stereocenters. The first-order chi connectivity index (χ1) is 11.6. The molecule has 1 rings (SSSR count). The van der Waals surface area contributed by atoms with Gasteiger partial charge in [0.05, 0.1) is 24.6 Å². The molecule has 0 radical (unpaired) electrons. The molecule has 0 bridgehead atoms. The van der Waals surface area contributed by atoms with Crippen LogP contribution in [0, 0.1) is 0 Å². The Morgan fingerprint density at radius 3 is 2.08 bits per heavy atom. The minimum Gasteiger partial charge on any atom is -0.469 e. The first-order valence-corrected chi connectivity index (χ1v) is 9.14. The maximum Gasteiger partial charge on any atom is 0.416 e. The normalized spacial score (nSPS) is 15.4. The monoisotopic (exact) mass is 396 g/mol. The Kier molecular flexibility index (Phi) is 6.49. The average molecular weight is 396 g/mol. The lowest BCUT2D eigenvalue weighted by atomic mass is 9.88. The zero-order valence-corrected chi connectivity index (χ0v) is 16.0. The van der Waals surface area contributed by atoms with Crippen LogP contribution in [0.5, 0.6) is 0 Å². The first-order valence-electron chi connectivity index (χ1n) is 7.65. The molecule has 0 amide bonds. The summed E-state index contributed by atoms with van der Waals surface area (Å²) in [4.78, 5) is 11.8. The second kappa shape index (κ2) is 7.53. The Morgan fingerprint density at radius 1 is 1.08 bits per heavy atom. The zero-order chi connectivity index (χ0) is 20.4. The first kappa shape index (κ1) is 22.4. The average Bonchev–Trinajstić information content (AvgIpc) is 2.42. The van der Waals surface area contributed by atoms with E-state index in [1.54, 1.807) is 20.8 Å². The minimum atomic E-state index is -4.61. The smallest absolute Gasteiger partial charge is 0.416 e. The van der Waals surface area contributed by atoms with Gasteiger partial charge < -0.3 is 4.74 Å². The number of alkyl halides is 3. The molecule has 148 valence electrons. The van der Waals surface area contributed by atoms with E-state index < -0.39 is 45.4 Å². The topological polar surface area (TPSA) is 84.5 Å². The van der Waals surface area contributed by atoms with Crippen LogP contribution < -0.4 is 9.44 Å². The van der Waals surface area contributed by atoms with E-state index in [-0.39, 0.29) is 5.56 Å². The van der Waals surface area contributed by atoms with Crippen molar-refractivity contribution in [1.82, 2.24) is 9.44 Å². The maximum absolute atomic E-state index is 13.0. The fourth-order valence-corrected chi connectivity index (χ4v) is 3.96. The van der Waals surface area contributed by atoms with E-state index in [1.165, 1.54) is 13.0 Å². The number of benzene rings is 1. The Hall–Kier alpha value is -1.65. The van der Waals surface area contributed by atoms with Gasteiger partial charge in [0.1, 0.15) is 0 Å². The second-order valence-corrected chi connectivity index (χ2v) is 8.54. The molecule has 0 spiro atoms.